The summed E-state index contributed by atoms with van der Waals surface area (Å²) in [5, 5.41) is 16.3. The zero-order valence-corrected chi connectivity index (χ0v) is 22.7. The summed E-state index contributed by atoms with van der Waals surface area (Å²) in [4.78, 5) is 21.5. The number of fused-ring (bicyclic) bond motifs is 6. The Morgan fingerprint density at radius 1 is 1.23 bits per heavy atom. The molecule has 1 aliphatic carbocycles. The number of hydrogen-bond donors (Lipinski definition) is 5. The van der Waals surface area contributed by atoms with E-state index in [1.807, 2.05) is 30.4 Å². The molecule has 2 aliphatic rings. The van der Waals surface area contributed by atoms with Crippen LogP contribution in [-0.4, -0.2) is 47.3 Å². The summed E-state index contributed by atoms with van der Waals surface area (Å²) < 4.78 is 28.4. The molecule has 0 saturated carbocycles. The van der Waals surface area contributed by atoms with E-state index in [2.05, 4.69) is 47.1 Å². The Balaban J connectivity index is 1.26. The molecule has 0 spiro atoms. The molecule has 0 fully saturated rings. The first-order valence-electron chi connectivity index (χ1n) is 12.4. The van der Waals surface area contributed by atoms with Crippen molar-refractivity contribution in [3.63, 3.8) is 0 Å². The third-order valence-corrected chi connectivity index (χ3v) is 7.88. The van der Waals surface area contributed by atoms with Crippen molar-refractivity contribution in [3.05, 3.63) is 71.2 Å². The molecule has 204 valence electrons. The minimum absolute atomic E-state index is 0.0155. The van der Waals surface area contributed by atoms with Crippen molar-refractivity contribution in [2.75, 3.05) is 29.0 Å². The predicted octanol–water partition coefficient (Wildman–Crippen LogP) is 3.53. The van der Waals surface area contributed by atoms with E-state index in [0.29, 0.717) is 34.8 Å². The van der Waals surface area contributed by atoms with Gasteiger partial charge in [-0.3, -0.25) is 4.68 Å². The van der Waals surface area contributed by atoms with Crippen LogP contribution < -0.4 is 26.0 Å². The predicted molar refractivity (Wildman–Crippen MR) is 149 cm³/mol. The van der Waals surface area contributed by atoms with Gasteiger partial charge in [-0.15, -0.1) is 0 Å². The second-order valence-corrected chi connectivity index (χ2v) is 11.3. The van der Waals surface area contributed by atoms with Gasteiger partial charge in [-0.25, -0.2) is 22.9 Å². The van der Waals surface area contributed by atoms with Crippen LogP contribution in [-0.2, 0) is 23.5 Å². The summed E-state index contributed by atoms with van der Waals surface area (Å²) in [6, 6.07) is 6.57. The lowest BCUT2D eigenvalue weighted by molar-refractivity contribution is 0.252. The number of nitrogens with zero attached hydrogens (tertiary/aromatic N) is 4. The molecule has 12 nitrogen and oxygen atoms in total. The lowest BCUT2D eigenvalue weighted by Crippen LogP contribution is -2.37. The molecule has 14 heteroatoms. The quantitative estimate of drug-likeness (QED) is 0.282. The lowest BCUT2D eigenvalue weighted by Gasteiger charge is -2.20. The maximum atomic E-state index is 12.6. The summed E-state index contributed by atoms with van der Waals surface area (Å²) in [6.45, 7) is 0.109. The molecule has 3 heterocycles. The number of benzene rings is 1. The van der Waals surface area contributed by atoms with Gasteiger partial charge in [-0.2, -0.15) is 10.1 Å². The van der Waals surface area contributed by atoms with E-state index in [9.17, 15) is 13.2 Å². The summed E-state index contributed by atoms with van der Waals surface area (Å²) in [5.74, 6) is 1.23. The van der Waals surface area contributed by atoms with E-state index in [4.69, 9.17) is 11.6 Å². The number of carbonyl (C=O) groups excluding carboxylic acids is 1. The second-order valence-electron chi connectivity index (χ2n) is 9.20. The molecule has 1 atom stereocenters. The molecule has 39 heavy (non-hydrogen) atoms. The maximum absolute atomic E-state index is 12.6. The van der Waals surface area contributed by atoms with E-state index in [0.717, 1.165) is 29.8 Å². The summed E-state index contributed by atoms with van der Waals surface area (Å²) in [5.41, 5.74) is 3.37. The van der Waals surface area contributed by atoms with E-state index in [1.54, 1.807) is 19.4 Å². The smallest absolute Gasteiger partial charge is 0.319 e. The number of urea groups is 1. The van der Waals surface area contributed by atoms with Gasteiger partial charge >= 0.3 is 6.03 Å². The number of sulfonamides is 1. The van der Waals surface area contributed by atoms with Gasteiger partial charge in [-0.05, 0) is 61.1 Å². The third-order valence-electron chi connectivity index (χ3n) is 6.25. The number of allylic oxidation sites excluding steroid dienone is 4. The van der Waals surface area contributed by atoms with Crippen LogP contribution in [0.25, 0.3) is 0 Å². The standard InChI is InChI=1S/C25H28ClN9O3S/c1-35-12-9-22(34-35)39(37,38)29-11-10-27-25(36)32-21-8-7-19-14-17(21)6-5-16-3-2-4-18(13-16)31-24-28-15-20(26)23(30-19)33-24/h2-4,7-9,12,14-16,29H,5-6,10-11,13H2,1H3,(H2,27,32,36)(H2,28,30,31,33). The van der Waals surface area contributed by atoms with Crippen molar-refractivity contribution < 1.29 is 13.2 Å². The SMILES string of the molecule is Cn1ccc(S(=O)(=O)NCCNC(=O)Nc2ccc3cc2CCC2C=CC=C(C2)Nc2ncc(Cl)c(n2)N3)n1. The number of rotatable bonds is 6. The lowest BCUT2D eigenvalue weighted by atomic mass is 9.91. The van der Waals surface area contributed by atoms with Gasteiger partial charge in [0.2, 0.25) is 5.95 Å². The zero-order valence-electron chi connectivity index (χ0n) is 21.1. The van der Waals surface area contributed by atoms with E-state index in [1.165, 1.54) is 10.7 Å². The Hall–Kier alpha value is -3.94. The molecular formula is C25H28ClN9O3S. The van der Waals surface area contributed by atoms with Crippen molar-refractivity contribution in [2.45, 2.75) is 24.3 Å². The summed E-state index contributed by atoms with van der Waals surface area (Å²) in [7, 11) is -2.11. The molecule has 0 saturated heterocycles. The fourth-order valence-electron chi connectivity index (χ4n) is 4.31. The van der Waals surface area contributed by atoms with Gasteiger partial charge in [-0.1, -0.05) is 23.8 Å². The highest BCUT2D eigenvalue weighted by atomic mass is 35.5. The summed E-state index contributed by atoms with van der Waals surface area (Å²) in [6.07, 6.45) is 11.7. The van der Waals surface area contributed by atoms with E-state index >= 15 is 0 Å². The van der Waals surface area contributed by atoms with E-state index < -0.39 is 16.1 Å². The van der Waals surface area contributed by atoms with Crippen molar-refractivity contribution in [1.82, 2.24) is 29.8 Å². The van der Waals surface area contributed by atoms with Gasteiger partial charge in [0.15, 0.2) is 10.8 Å². The number of amides is 2. The fraction of sp³-hybridized carbons (Fsp3) is 0.280. The van der Waals surface area contributed by atoms with Crippen molar-refractivity contribution in [3.8, 4) is 0 Å². The van der Waals surface area contributed by atoms with Crippen LogP contribution in [0.5, 0.6) is 0 Å². The molecule has 0 radical (unpaired) electrons. The molecule has 3 aromatic rings. The Morgan fingerprint density at radius 2 is 2.10 bits per heavy atom. The molecule has 6 bridgehead atoms. The average Bonchev–Trinajstić information content (AvgIpc) is 3.36. The molecule has 1 aliphatic heterocycles. The Bertz CT molecular complexity index is 1550. The van der Waals surface area contributed by atoms with Gasteiger partial charge < -0.3 is 21.3 Å². The first kappa shape index (κ1) is 26.7. The van der Waals surface area contributed by atoms with Crippen LogP contribution in [0, 0.1) is 5.92 Å². The highest BCUT2D eigenvalue weighted by molar-refractivity contribution is 7.89. The topological polar surface area (TPSA) is 155 Å². The number of hydrogen-bond acceptors (Lipinski definition) is 8. The number of carbonyl (C=O) groups is 1. The average molecular weight is 570 g/mol. The van der Waals surface area contributed by atoms with Crippen molar-refractivity contribution in [2.24, 2.45) is 13.0 Å². The Morgan fingerprint density at radius 3 is 2.92 bits per heavy atom. The Kier molecular flexibility index (Phi) is 7.82. The maximum Gasteiger partial charge on any atom is 0.319 e. The molecule has 2 amide bonds. The molecular weight excluding hydrogens is 542 g/mol. The minimum atomic E-state index is -3.75. The normalized spacial score (nSPS) is 16.5. The van der Waals surface area contributed by atoms with Crippen molar-refractivity contribution >= 4 is 50.8 Å². The monoisotopic (exact) mass is 569 g/mol. The van der Waals surface area contributed by atoms with Crippen LogP contribution in [0.15, 0.2) is 65.6 Å². The fourth-order valence-corrected chi connectivity index (χ4v) is 5.45. The van der Waals surface area contributed by atoms with Gasteiger partial charge in [0, 0.05) is 43.4 Å². The van der Waals surface area contributed by atoms with Gasteiger partial charge in [0.25, 0.3) is 10.0 Å². The molecule has 5 N–H and O–H groups in total. The highest BCUT2D eigenvalue weighted by Gasteiger charge is 2.18. The number of aromatic nitrogens is 4. The minimum Gasteiger partial charge on any atom is -0.339 e. The first-order valence-corrected chi connectivity index (χ1v) is 14.2. The number of aryl methyl sites for hydroxylation is 2. The number of halogens is 1. The Labute approximate surface area is 231 Å². The number of nitrogens with one attached hydrogen (secondary N) is 5. The molecule has 1 aromatic carbocycles. The van der Waals surface area contributed by atoms with Crippen LogP contribution in [0.2, 0.25) is 5.02 Å². The number of anilines is 4. The van der Waals surface area contributed by atoms with Crippen molar-refractivity contribution in [1.29, 1.82) is 0 Å². The zero-order chi connectivity index (χ0) is 27.4. The molecule has 2 aromatic heterocycles. The van der Waals surface area contributed by atoms with Crippen LogP contribution in [0.1, 0.15) is 18.4 Å². The van der Waals surface area contributed by atoms with Crippen LogP contribution in [0.3, 0.4) is 0 Å². The van der Waals surface area contributed by atoms with Crippen LogP contribution >= 0.6 is 11.6 Å². The van der Waals surface area contributed by atoms with Gasteiger partial charge in [0.1, 0.15) is 5.02 Å². The third kappa shape index (κ3) is 6.74. The molecule has 1 unspecified atom stereocenters. The first-order chi connectivity index (χ1) is 18.7. The van der Waals surface area contributed by atoms with E-state index in [-0.39, 0.29) is 18.1 Å². The van der Waals surface area contributed by atoms with Gasteiger partial charge in [0.05, 0.1) is 6.20 Å². The second kappa shape index (κ2) is 11.4. The summed E-state index contributed by atoms with van der Waals surface area (Å²) >= 11 is 6.34. The largest absolute Gasteiger partial charge is 0.339 e. The highest BCUT2D eigenvalue weighted by Crippen LogP contribution is 2.31. The molecule has 5 rings (SSSR count). The van der Waals surface area contributed by atoms with Crippen LogP contribution in [0.4, 0.5) is 27.9 Å².